The predicted molar refractivity (Wildman–Crippen MR) is 133 cm³/mol. The zero-order valence-corrected chi connectivity index (χ0v) is 19.6. The van der Waals surface area contributed by atoms with Crippen molar-refractivity contribution in [1.29, 1.82) is 5.26 Å². The largest absolute Gasteiger partial charge is 0.384 e. The highest BCUT2D eigenvalue weighted by molar-refractivity contribution is 5.68. The molecule has 0 bridgehead atoms. The third kappa shape index (κ3) is 3.08. The van der Waals surface area contributed by atoms with Gasteiger partial charge in [-0.2, -0.15) is 5.26 Å². The van der Waals surface area contributed by atoms with Crippen LogP contribution in [0.1, 0.15) is 47.1 Å². The molecule has 170 valence electrons. The number of hydroxylamine groups is 2. The van der Waals surface area contributed by atoms with Crippen LogP contribution in [0.2, 0.25) is 0 Å². The highest BCUT2D eigenvalue weighted by atomic mass is 16.7. The number of hydrogen-bond acceptors (Lipinski definition) is 4. The van der Waals surface area contributed by atoms with E-state index in [-0.39, 0.29) is 5.41 Å². The molecular formula is C30H29N3O. The number of hydrogen-bond donors (Lipinski definition) is 1. The van der Waals surface area contributed by atoms with Gasteiger partial charge in [-0.3, -0.25) is 4.84 Å². The summed E-state index contributed by atoms with van der Waals surface area (Å²) in [5.74, 6) is 0.672. The zero-order valence-electron chi connectivity index (χ0n) is 19.6. The van der Waals surface area contributed by atoms with E-state index in [1.807, 2.05) is 25.2 Å². The van der Waals surface area contributed by atoms with Crippen LogP contribution in [0.3, 0.4) is 0 Å². The Hall–Kier alpha value is -3.55. The Balaban J connectivity index is 1.50. The van der Waals surface area contributed by atoms with Gasteiger partial charge in [0.25, 0.3) is 0 Å². The summed E-state index contributed by atoms with van der Waals surface area (Å²) >= 11 is 0. The fraction of sp³-hybridized carbons (Fsp3) is 0.300. The summed E-state index contributed by atoms with van der Waals surface area (Å²) in [6.07, 6.45) is 8.53. The van der Waals surface area contributed by atoms with Crippen LogP contribution < -0.4 is 5.73 Å². The van der Waals surface area contributed by atoms with Crippen LogP contribution in [-0.2, 0) is 29.7 Å². The molecule has 3 aromatic rings. The monoisotopic (exact) mass is 447 g/mol. The minimum absolute atomic E-state index is 0.0402. The van der Waals surface area contributed by atoms with E-state index in [1.165, 1.54) is 22.3 Å². The average molecular weight is 448 g/mol. The summed E-state index contributed by atoms with van der Waals surface area (Å²) < 4.78 is 0. The Bertz CT molecular complexity index is 1320. The molecule has 34 heavy (non-hydrogen) atoms. The molecule has 4 nitrogen and oxygen atoms in total. The molecule has 3 aliphatic rings. The zero-order chi connectivity index (χ0) is 23.3. The van der Waals surface area contributed by atoms with Gasteiger partial charge < -0.3 is 5.73 Å². The molecule has 6 rings (SSSR count). The van der Waals surface area contributed by atoms with Gasteiger partial charge in [0.1, 0.15) is 11.4 Å². The van der Waals surface area contributed by atoms with E-state index in [0.717, 1.165) is 49.7 Å². The van der Waals surface area contributed by atoms with Crippen LogP contribution >= 0.6 is 0 Å². The van der Waals surface area contributed by atoms with Gasteiger partial charge in [0.2, 0.25) is 0 Å². The van der Waals surface area contributed by atoms with Crippen molar-refractivity contribution in [3.05, 3.63) is 106 Å². The van der Waals surface area contributed by atoms with Crippen molar-refractivity contribution in [3.8, 4) is 17.2 Å². The lowest BCUT2D eigenvalue weighted by atomic mass is 9.57. The Morgan fingerprint density at radius 2 is 1.53 bits per heavy atom. The molecule has 0 radical (unpaired) electrons. The van der Waals surface area contributed by atoms with Crippen molar-refractivity contribution in [2.75, 3.05) is 7.05 Å². The third-order valence-corrected chi connectivity index (χ3v) is 8.36. The quantitative estimate of drug-likeness (QED) is 0.527. The van der Waals surface area contributed by atoms with Crippen molar-refractivity contribution >= 4 is 0 Å². The molecule has 2 N–H and O–H groups in total. The van der Waals surface area contributed by atoms with Crippen molar-refractivity contribution < 1.29 is 4.84 Å². The van der Waals surface area contributed by atoms with E-state index in [9.17, 15) is 5.26 Å². The topological polar surface area (TPSA) is 62.3 Å². The van der Waals surface area contributed by atoms with Crippen LogP contribution in [0.5, 0.6) is 0 Å². The van der Waals surface area contributed by atoms with E-state index >= 15 is 0 Å². The van der Waals surface area contributed by atoms with Crippen LogP contribution in [0.25, 0.3) is 11.1 Å². The maximum Gasteiger partial charge on any atom is 0.149 e. The van der Waals surface area contributed by atoms with E-state index in [0.29, 0.717) is 11.4 Å². The van der Waals surface area contributed by atoms with Crippen LogP contribution in [0, 0.1) is 16.7 Å². The fourth-order valence-electron chi connectivity index (χ4n) is 6.44. The summed E-state index contributed by atoms with van der Waals surface area (Å²) in [5, 5.41) is 11.1. The lowest BCUT2D eigenvalue weighted by Crippen LogP contribution is -2.50. The second-order valence-electron chi connectivity index (χ2n) is 10.0. The summed E-state index contributed by atoms with van der Waals surface area (Å²) in [5.41, 5.74) is 14.1. The maximum atomic E-state index is 9.40. The molecule has 0 saturated heterocycles. The van der Waals surface area contributed by atoms with E-state index < -0.39 is 5.60 Å². The number of aryl methyl sites for hydroxylation is 3. The lowest BCUT2D eigenvalue weighted by Gasteiger charge is -2.51. The standard InChI is InChI=1S/C30H29N3O/c1-33-28(32)19-30(34-33)27-18-26(25-8-4-5-21(17-25)20-31)10-9-24(27)13-16-29(30)14-11-22-6-2-3-7-23(22)12-15-29/h2-10,17-19H,11-16,32H2,1H3. The Labute approximate surface area is 201 Å². The Morgan fingerprint density at radius 1 is 0.853 bits per heavy atom. The van der Waals surface area contributed by atoms with Crippen LogP contribution in [0.15, 0.2) is 78.6 Å². The normalized spacial score (nSPS) is 22.6. The van der Waals surface area contributed by atoms with Gasteiger partial charge in [0, 0.05) is 12.5 Å². The first-order chi connectivity index (χ1) is 16.5. The summed E-state index contributed by atoms with van der Waals surface area (Å²) in [7, 11) is 1.91. The molecule has 0 aromatic heterocycles. The SMILES string of the molecule is CN1OC2(C=C1N)c1cc(-c3cccc(C#N)c3)ccc1CCC21CCc2ccccc2CC1. The maximum absolute atomic E-state index is 9.40. The second kappa shape index (κ2) is 7.75. The number of nitrogens with zero attached hydrogens (tertiary/aromatic N) is 2. The molecule has 3 aromatic carbocycles. The Morgan fingerprint density at radius 3 is 2.18 bits per heavy atom. The summed E-state index contributed by atoms with van der Waals surface area (Å²) in [4.78, 5) is 6.78. The molecule has 0 saturated carbocycles. The molecule has 1 atom stereocenters. The molecule has 2 aliphatic carbocycles. The molecule has 2 spiro atoms. The average Bonchev–Trinajstić information content (AvgIpc) is 3.06. The van der Waals surface area contributed by atoms with Crippen LogP contribution in [-0.4, -0.2) is 12.1 Å². The third-order valence-electron chi connectivity index (χ3n) is 8.36. The van der Waals surface area contributed by atoms with E-state index in [2.05, 4.69) is 60.7 Å². The van der Waals surface area contributed by atoms with Gasteiger partial charge in [-0.15, -0.1) is 0 Å². The van der Waals surface area contributed by atoms with Gasteiger partial charge in [-0.05, 0) is 96.2 Å². The highest BCUT2D eigenvalue weighted by Gasteiger charge is 2.58. The van der Waals surface area contributed by atoms with Crippen molar-refractivity contribution in [2.24, 2.45) is 11.1 Å². The van der Waals surface area contributed by atoms with Crippen LogP contribution in [0.4, 0.5) is 0 Å². The minimum atomic E-state index is -0.593. The van der Waals surface area contributed by atoms with E-state index in [4.69, 9.17) is 10.6 Å². The number of nitriles is 1. The first-order valence-electron chi connectivity index (χ1n) is 12.2. The van der Waals surface area contributed by atoms with Crippen molar-refractivity contribution in [3.63, 3.8) is 0 Å². The molecule has 1 aliphatic heterocycles. The molecule has 0 fully saturated rings. The van der Waals surface area contributed by atoms with Crippen molar-refractivity contribution in [2.45, 2.75) is 44.1 Å². The molecule has 1 heterocycles. The number of benzene rings is 3. The smallest absolute Gasteiger partial charge is 0.149 e. The number of nitrogens with two attached hydrogens (primary N) is 1. The van der Waals surface area contributed by atoms with Gasteiger partial charge in [-0.1, -0.05) is 48.5 Å². The molecular weight excluding hydrogens is 418 g/mol. The van der Waals surface area contributed by atoms with Crippen molar-refractivity contribution in [1.82, 2.24) is 5.06 Å². The minimum Gasteiger partial charge on any atom is -0.384 e. The first kappa shape index (κ1) is 21.0. The molecule has 0 amide bonds. The lowest BCUT2D eigenvalue weighted by molar-refractivity contribution is -0.233. The summed E-state index contributed by atoms with van der Waals surface area (Å²) in [6.45, 7) is 0. The molecule has 1 unspecified atom stereocenters. The van der Waals surface area contributed by atoms with Gasteiger partial charge in [0.15, 0.2) is 0 Å². The summed E-state index contributed by atoms with van der Waals surface area (Å²) in [6, 6.07) is 25.7. The van der Waals surface area contributed by atoms with Gasteiger partial charge >= 0.3 is 0 Å². The van der Waals surface area contributed by atoms with Gasteiger partial charge in [0.05, 0.1) is 11.6 Å². The predicted octanol–water partition coefficient (Wildman–Crippen LogP) is 5.61. The fourth-order valence-corrected chi connectivity index (χ4v) is 6.44. The number of rotatable bonds is 1. The molecule has 4 heteroatoms. The number of fused-ring (bicyclic) bond motifs is 4. The highest BCUT2D eigenvalue weighted by Crippen LogP contribution is 2.60. The van der Waals surface area contributed by atoms with Gasteiger partial charge in [-0.25, -0.2) is 5.06 Å². The first-order valence-corrected chi connectivity index (χ1v) is 12.2. The van der Waals surface area contributed by atoms with E-state index in [1.54, 1.807) is 5.06 Å². The Kier molecular flexibility index (Phi) is 4.79. The second-order valence-corrected chi connectivity index (χ2v) is 10.0.